The minimum Gasteiger partial charge on any atom is -0.461 e. The van der Waals surface area contributed by atoms with Gasteiger partial charge in [-0.1, -0.05) is 58.9 Å². The van der Waals surface area contributed by atoms with Crippen molar-refractivity contribution >= 4 is 20.1 Å². The van der Waals surface area contributed by atoms with Crippen molar-refractivity contribution in [1.82, 2.24) is 0 Å². The molecule has 0 aliphatic heterocycles. The number of aliphatic hydroxyl groups is 1. The number of carbonyl (C=O) groups is 2. The molecule has 5 nitrogen and oxygen atoms in total. The lowest BCUT2D eigenvalue weighted by Crippen LogP contribution is -2.60. The number of Topliss-reactive ketones (excluding diaryl/α,β-unsaturated/α-hetero) is 1. The second-order valence-electron chi connectivity index (χ2n) is 14.5. The number of ketones is 1. The van der Waals surface area contributed by atoms with Crippen molar-refractivity contribution in [2.75, 3.05) is 6.61 Å². The monoisotopic (exact) mass is 530 g/mol. The zero-order chi connectivity index (χ0) is 27.6. The van der Waals surface area contributed by atoms with Crippen molar-refractivity contribution in [3.05, 3.63) is 24.3 Å². The van der Waals surface area contributed by atoms with E-state index in [1.54, 1.807) is 12.5 Å². The molecule has 0 radical (unpaired) electrons. The normalized spacial score (nSPS) is 40.7. The molecule has 4 rings (SSSR count). The third-order valence-electron chi connectivity index (χ3n) is 11.7. The van der Waals surface area contributed by atoms with Crippen LogP contribution in [-0.4, -0.2) is 43.5 Å². The predicted octanol–water partition coefficient (Wildman–Crippen LogP) is 6.62. The molecule has 208 valence electrons. The van der Waals surface area contributed by atoms with E-state index >= 15 is 0 Å². The summed E-state index contributed by atoms with van der Waals surface area (Å²) in [5, 5.41) is 12.1. The maximum atomic E-state index is 13.5. The fraction of sp³-hybridized carbons (Fsp3) is 0.806. The molecule has 0 saturated heterocycles. The van der Waals surface area contributed by atoms with Crippen LogP contribution in [0.25, 0.3) is 0 Å². The van der Waals surface area contributed by atoms with Crippen LogP contribution in [0.3, 0.4) is 0 Å². The lowest BCUT2D eigenvalue weighted by atomic mass is 9.46. The largest absolute Gasteiger partial charge is 0.461 e. The number of hydrogen-bond acceptors (Lipinski definition) is 5. The van der Waals surface area contributed by atoms with Gasteiger partial charge >= 0.3 is 5.97 Å². The minimum atomic E-state index is -1.82. The van der Waals surface area contributed by atoms with Gasteiger partial charge in [-0.15, -0.1) is 0 Å². The summed E-state index contributed by atoms with van der Waals surface area (Å²) >= 11 is 0. The summed E-state index contributed by atoms with van der Waals surface area (Å²) < 4.78 is 12.1. The molecule has 0 amide bonds. The number of carbonyl (C=O) groups excluding carboxylic acids is 2. The first-order valence-electron chi connectivity index (χ1n) is 14.4. The van der Waals surface area contributed by atoms with Crippen molar-refractivity contribution in [1.29, 1.82) is 0 Å². The van der Waals surface area contributed by atoms with Gasteiger partial charge in [-0.2, -0.15) is 0 Å². The van der Waals surface area contributed by atoms with Crippen LogP contribution in [0.4, 0.5) is 0 Å². The summed E-state index contributed by atoms with van der Waals surface area (Å²) in [6, 6.07) is 0. The van der Waals surface area contributed by atoms with Crippen molar-refractivity contribution < 1.29 is 23.9 Å². The average molecular weight is 531 g/mol. The van der Waals surface area contributed by atoms with Gasteiger partial charge in [-0.05, 0) is 86.7 Å². The Hall–Kier alpha value is -1.24. The quantitative estimate of drug-likeness (QED) is 0.237. The highest BCUT2D eigenvalue weighted by Crippen LogP contribution is 2.67. The van der Waals surface area contributed by atoms with E-state index in [0.717, 1.165) is 38.5 Å². The predicted molar refractivity (Wildman–Crippen MR) is 149 cm³/mol. The standard InChI is InChI=1S/C31H50O5Si/c1-10-17-35-27(33)20(2)31(34)26(32)19-25-23-12-11-21-18-22(36-37(8,9)28(3,4)5)13-15-29(21,6)24(23)14-16-30(25,31)7/h10-11,20,22-25,34H,1,12-19H2,2-9H3/t20-,22+,23-,24+,25+,29+,30+,31-/m1/s1. The lowest BCUT2D eigenvalue weighted by molar-refractivity contribution is -0.182. The zero-order valence-electron chi connectivity index (χ0n) is 24.5. The summed E-state index contributed by atoms with van der Waals surface area (Å²) in [5.74, 6) is -0.668. The number of esters is 1. The molecular weight excluding hydrogens is 480 g/mol. The SMILES string of the molecule is C=CCOC(=O)[C@@H](C)[C@@]1(O)C(=O)C[C@H]2[C@@H]3CC=C4C[C@@H](O[Si](C)(C)C(C)(C)C)CC[C@]4(C)[C@H]3CC[C@@]21C. The van der Waals surface area contributed by atoms with Crippen LogP contribution >= 0.6 is 0 Å². The Morgan fingerprint density at radius 1 is 1.22 bits per heavy atom. The number of hydrogen-bond donors (Lipinski definition) is 1. The van der Waals surface area contributed by atoms with E-state index in [2.05, 4.69) is 60.4 Å². The molecule has 0 aromatic heterocycles. The highest BCUT2D eigenvalue weighted by atomic mass is 28.4. The van der Waals surface area contributed by atoms with Gasteiger partial charge in [0.05, 0.1) is 5.92 Å². The Morgan fingerprint density at radius 3 is 2.51 bits per heavy atom. The van der Waals surface area contributed by atoms with E-state index in [4.69, 9.17) is 9.16 Å². The Kier molecular flexibility index (Phi) is 7.34. The van der Waals surface area contributed by atoms with Gasteiger partial charge in [-0.25, -0.2) is 0 Å². The highest BCUT2D eigenvalue weighted by Gasteiger charge is 2.70. The van der Waals surface area contributed by atoms with Crippen LogP contribution in [0.2, 0.25) is 18.1 Å². The summed E-state index contributed by atoms with van der Waals surface area (Å²) in [7, 11) is -1.82. The Morgan fingerprint density at radius 2 is 1.89 bits per heavy atom. The number of fused-ring (bicyclic) bond motifs is 5. The first-order chi connectivity index (χ1) is 17.0. The fourth-order valence-corrected chi connectivity index (χ4v) is 9.73. The molecule has 0 unspecified atom stereocenters. The van der Waals surface area contributed by atoms with Crippen molar-refractivity contribution in [3.63, 3.8) is 0 Å². The zero-order valence-corrected chi connectivity index (χ0v) is 25.5. The summed E-state index contributed by atoms with van der Waals surface area (Å²) in [4.78, 5) is 26.2. The number of rotatable bonds is 6. The molecule has 0 bridgehead atoms. The maximum absolute atomic E-state index is 13.5. The molecule has 0 heterocycles. The molecule has 1 N–H and O–H groups in total. The average Bonchev–Trinajstić information content (AvgIpc) is 3.02. The van der Waals surface area contributed by atoms with Crippen molar-refractivity contribution in [2.24, 2.45) is 34.5 Å². The van der Waals surface area contributed by atoms with Crippen molar-refractivity contribution in [2.45, 2.75) is 116 Å². The second kappa shape index (κ2) is 9.44. The van der Waals surface area contributed by atoms with Gasteiger partial charge in [0.25, 0.3) is 0 Å². The van der Waals surface area contributed by atoms with Crippen LogP contribution in [0, 0.1) is 34.5 Å². The molecule has 37 heavy (non-hydrogen) atoms. The third-order valence-corrected chi connectivity index (χ3v) is 16.3. The number of allylic oxidation sites excluding steroid dienone is 1. The molecule has 0 aromatic carbocycles. The highest BCUT2D eigenvalue weighted by molar-refractivity contribution is 6.74. The van der Waals surface area contributed by atoms with Gasteiger partial charge in [0.2, 0.25) is 0 Å². The van der Waals surface area contributed by atoms with E-state index in [1.165, 1.54) is 6.08 Å². The smallest absolute Gasteiger partial charge is 0.312 e. The van der Waals surface area contributed by atoms with Crippen LogP contribution in [0.1, 0.15) is 86.5 Å². The Balaban J connectivity index is 1.57. The molecule has 3 saturated carbocycles. The Labute approximate surface area is 225 Å². The van der Waals surface area contributed by atoms with Crippen LogP contribution in [0.15, 0.2) is 24.3 Å². The van der Waals surface area contributed by atoms with E-state index in [-0.39, 0.29) is 28.8 Å². The molecule has 6 heteroatoms. The van der Waals surface area contributed by atoms with Crippen LogP contribution in [-0.2, 0) is 18.8 Å². The third kappa shape index (κ3) is 4.33. The van der Waals surface area contributed by atoms with E-state index < -0.39 is 31.2 Å². The second-order valence-corrected chi connectivity index (χ2v) is 19.2. The van der Waals surface area contributed by atoms with E-state index in [1.807, 2.05) is 0 Å². The molecule has 4 aliphatic rings. The summed E-state index contributed by atoms with van der Waals surface area (Å²) in [6.07, 6.45) is 10.5. The van der Waals surface area contributed by atoms with Crippen LogP contribution < -0.4 is 0 Å². The number of ether oxygens (including phenoxy) is 1. The molecule has 8 atom stereocenters. The maximum Gasteiger partial charge on any atom is 0.312 e. The van der Waals surface area contributed by atoms with Gasteiger partial charge in [0.1, 0.15) is 12.2 Å². The summed E-state index contributed by atoms with van der Waals surface area (Å²) in [5.41, 5.74) is -0.633. The first-order valence-corrected chi connectivity index (χ1v) is 17.3. The van der Waals surface area contributed by atoms with Crippen molar-refractivity contribution in [3.8, 4) is 0 Å². The topological polar surface area (TPSA) is 72.8 Å². The molecular formula is C31H50O5Si. The van der Waals surface area contributed by atoms with Crippen LogP contribution in [0.5, 0.6) is 0 Å². The lowest BCUT2D eigenvalue weighted by Gasteiger charge is -2.59. The van der Waals surface area contributed by atoms with Gasteiger partial charge in [0, 0.05) is 17.9 Å². The first kappa shape index (κ1) is 28.8. The fourth-order valence-electron chi connectivity index (χ4n) is 8.34. The molecule has 0 aromatic rings. The summed E-state index contributed by atoms with van der Waals surface area (Å²) in [6.45, 7) is 21.5. The Bertz CT molecular complexity index is 979. The van der Waals surface area contributed by atoms with Gasteiger partial charge in [-0.3, -0.25) is 9.59 Å². The molecule has 3 fully saturated rings. The minimum absolute atomic E-state index is 0.0780. The van der Waals surface area contributed by atoms with E-state index in [9.17, 15) is 14.7 Å². The molecule has 0 spiro atoms. The van der Waals surface area contributed by atoms with Gasteiger partial charge in [0.15, 0.2) is 14.1 Å². The van der Waals surface area contributed by atoms with E-state index in [0.29, 0.717) is 24.4 Å². The molecule has 4 aliphatic carbocycles. The van der Waals surface area contributed by atoms with Gasteiger partial charge < -0.3 is 14.3 Å².